The molecule has 2 aromatic heterocycles. The quantitative estimate of drug-likeness (QED) is 0.877. The van der Waals surface area contributed by atoms with Crippen LogP contribution in [0.2, 0.25) is 0 Å². The predicted molar refractivity (Wildman–Crippen MR) is 72.9 cm³/mol. The van der Waals surface area contributed by atoms with Gasteiger partial charge in [-0.25, -0.2) is 4.98 Å². The van der Waals surface area contributed by atoms with Crippen molar-refractivity contribution in [1.29, 1.82) is 0 Å². The van der Waals surface area contributed by atoms with E-state index in [0.29, 0.717) is 18.9 Å². The molecule has 1 N–H and O–H groups in total. The maximum Gasteiger partial charge on any atom is 0.293 e. The molecule has 0 aliphatic carbocycles. The fourth-order valence-corrected chi connectivity index (χ4v) is 1.67. The van der Waals surface area contributed by atoms with Crippen LogP contribution in [0, 0.1) is 6.92 Å². The monoisotopic (exact) mass is 259 g/mol. The van der Waals surface area contributed by atoms with Crippen LogP contribution < -0.4 is 10.9 Å². The Hall–Kier alpha value is -2.24. The van der Waals surface area contributed by atoms with Gasteiger partial charge in [0, 0.05) is 25.1 Å². The smallest absolute Gasteiger partial charge is 0.293 e. The second-order valence-corrected chi connectivity index (χ2v) is 4.28. The molecular formula is C13H17N5O. The first-order valence-electron chi connectivity index (χ1n) is 6.27. The Morgan fingerprint density at radius 1 is 1.26 bits per heavy atom. The highest BCUT2D eigenvalue weighted by Crippen LogP contribution is 1.99. The van der Waals surface area contributed by atoms with Crippen molar-refractivity contribution in [3.8, 4) is 0 Å². The topological polar surface area (TPSA) is 72.7 Å². The number of nitrogens with zero attached hydrogens (tertiary/aromatic N) is 4. The molecule has 0 radical (unpaired) electrons. The summed E-state index contributed by atoms with van der Waals surface area (Å²) >= 11 is 0. The van der Waals surface area contributed by atoms with Crippen LogP contribution in [0.4, 0.5) is 5.82 Å². The van der Waals surface area contributed by atoms with Crippen LogP contribution in [0.3, 0.4) is 0 Å². The van der Waals surface area contributed by atoms with Gasteiger partial charge in [0.25, 0.3) is 5.56 Å². The van der Waals surface area contributed by atoms with Crippen molar-refractivity contribution in [2.24, 2.45) is 0 Å². The number of anilines is 1. The summed E-state index contributed by atoms with van der Waals surface area (Å²) in [4.78, 5) is 24.5. The van der Waals surface area contributed by atoms with Crippen molar-refractivity contribution in [3.05, 3.63) is 46.5 Å². The molecule has 2 rings (SSSR count). The maximum absolute atomic E-state index is 12.0. The Morgan fingerprint density at radius 2 is 2.11 bits per heavy atom. The Labute approximate surface area is 111 Å². The highest BCUT2D eigenvalue weighted by Gasteiger charge is 2.04. The van der Waals surface area contributed by atoms with Crippen molar-refractivity contribution in [2.45, 2.75) is 33.4 Å². The average molecular weight is 259 g/mol. The zero-order chi connectivity index (χ0) is 13.7. The SMILES string of the molecule is CCCn1ccnc(NCc2cnc(C)cn2)c1=O. The zero-order valence-corrected chi connectivity index (χ0v) is 11.1. The number of aryl methyl sites for hydroxylation is 2. The molecular weight excluding hydrogens is 242 g/mol. The summed E-state index contributed by atoms with van der Waals surface area (Å²) in [6.07, 6.45) is 7.62. The molecule has 0 saturated heterocycles. The van der Waals surface area contributed by atoms with E-state index < -0.39 is 0 Å². The van der Waals surface area contributed by atoms with Crippen molar-refractivity contribution >= 4 is 5.82 Å². The van der Waals surface area contributed by atoms with Gasteiger partial charge in [-0.15, -0.1) is 0 Å². The summed E-state index contributed by atoms with van der Waals surface area (Å²) in [6.45, 7) is 5.04. The lowest BCUT2D eigenvalue weighted by molar-refractivity contribution is 0.649. The minimum Gasteiger partial charge on any atom is -0.360 e. The van der Waals surface area contributed by atoms with Gasteiger partial charge in [0.15, 0.2) is 5.82 Å². The standard InChI is InChI=1S/C13H17N5O/c1-3-5-18-6-4-14-12(13(18)19)17-9-11-8-15-10(2)7-16-11/h4,6-8H,3,5,9H2,1-2H3,(H,14,17). The Bertz CT molecular complexity index is 591. The molecule has 0 spiro atoms. The molecule has 2 aromatic rings. The third-order valence-corrected chi connectivity index (χ3v) is 2.65. The fourth-order valence-electron chi connectivity index (χ4n) is 1.67. The summed E-state index contributed by atoms with van der Waals surface area (Å²) in [5.74, 6) is 0.346. The number of hydrogen-bond donors (Lipinski definition) is 1. The number of nitrogens with one attached hydrogen (secondary N) is 1. The molecule has 0 atom stereocenters. The molecule has 6 heteroatoms. The largest absolute Gasteiger partial charge is 0.360 e. The van der Waals surface area contributed by atoms with Gasteiger partial charge < -0.3 is 9.88 Å². The minimum absolute atomic E-state index is 0.107. The van der Waals surface area contributed by atoms with Crippen LogP contribution in [0.25, 0.3) is 0 Å². The van der Waals surface area contributed by atoms with E-state index in [1.165, 1.54) is 0 Å². The van der Waals surface area contributed by atoms with Crippen LogP contribution in [0.1, 0.15) is 24.7 Å². The van der Waals surface area contributed by atoms with Crippen LogP contribution in [0.15, 0.2) is 29.6 Å². The Kier molecular flexibility index (Phi) is 4.22. The van der Waals surface area contributed by atoms with Crippen LogP contribution in [-0.4, -0.2) is 19.5 Å². The van der Waals surface area contributed by atoms with Gasteiger partial charge in [-0.05, 0) is 13.3 Å². The highest BCUT2D eigenvalue weighted by atomic mass is 16.1. The van der Waals surface area contributed by atoms with Gasteiger partial charge in [0.1, 0.15) is 0 Å². The molecule has 0 aliphatic heterocycles. The van der Waals surface area contributed by atoms with Crippen molar-refractivity contribution in [1.82, 2.24) is 19.5 Å². The van der Waals surface area contributed by atoms with E-state index in [-0.39, 0.29) is 5.56 Å². The van der Waals surface area contributed by atoms with E-state index >= 15 is 0 Å². The van der Waals surface area contributed by atoms with Crippen molar-refractivity contribution < 1.29 is 0 Å². The molecule has 6 nitrogen and oxygen atoms in total. The lowest BCUT2D eigenvalue weighted by Gasteiger charge is -2.07. The van der Waals surface area contributed by atoms with Gasteiger partial charge in [0.2, 0.25) is 0 Å². The van der Waals surface area contributed by atoms with E-state index in [4.69, 9.17) is 0 Å². The number of aromatic nitrogens is 4. The summed E-state index contributed by atoms with van der Waals surface area (Å²) in [5.41, 5.74) is 1.54. The first-order chi connectivity index (χ1) is 9.20. The van der Waals surface area contributed by atoms with Gasteiger partial charge in [0.05, 0.1) is 24.1 Å². The van der Waals surface area contributed by atoms with E-state index in [9.17, 15) is 4.79 Å². The molecule has 0 saturated carbocycles. The summed E-state index contributed by atoms with van der Waals surface area (Å²) in [7, 11) is 0. The molecule has 19 heavy (non-hydrogen) atoms. The Balaban J connectivity index is 2.09. The lowest BCUT2D eigenvalue weighted by atomic mass is 10.4. The van der Waals surface area contributed by atoms with Crippen molar-refractivity contribution in [3.63, 3.8) is 0 Å². The fraction of sp³-hybridized carbons (Fsp3) is 0.385. The summed E-state index contributed by atoms with van der Waals surface area (Å²) < 4.78 is 1.65. The summed E-state index contributed by atoms with van der Waals surface area (Å²) in [5, 5.41) is 3.00. The normalized spacial score (nSPS) is 10.4. The minimum atomic E-state index is -0.107. The zero-order valence-electron chi connectivity index (χ0n) is 11.1. The first kappa shape index (κ1) is 13.2. The molecule has 0 aromatic carbocycles. The van der Waals surface area contributed by atoms with Gasteiger partial charge in [-0.1, -0.05) is 6.92 Å². The number of rotatable bonds is 5. The third kappa shape index (κ3) is 3.37. The molecule has 0 bridgehead atoms. The van der Waals surface area contributed by atoms with E-state index in [0.717, 1.165) is 17.8 Å². The molecule has 0 unspecified atom stereocenters. The van der Waals surface area contributed by atoms with E-state index in [1.54, 1.807) is 29.4 Å². The molecule has 100 valence electrons. The lowest BCUT2D eigenvalue weighted by Crippen LogP contribution is -2.24. The highest BCUT2D eigenvalue weighted by molar-refractivity contribution is 5.31. The van der Waals surface area contributed by atoms with Crippen LogP contribution >= 0.6 is 0 Å². The van der Waals surface area contributed by atoms with Crippen LogP contribution in [-0.2, 0) is 13.1 Å². The van der Waals surface area contributed by atoms with Gasteiger partial charge >= 0.3 is 0 Å². The van der Waals surface area contributed by atoms with E-state index in [1.807, 2.05) is 13.8 Å². The predicted octanol–water partition coefficient (Wildman–Crippen LogP) is 1.36. The second kappa shape index (κ2) is 6.08. The van der Waals surface area contributed by atoms with Crippen LogP contribution in [0.5, 0.6) is 0 Å². The maximum atomic E-state index is 12.0. The first-order valence-corrected chi connectivity index (χ1v) is 6.27. The molecule has 2 heterocycles. The second-order valence-electron chi connectivity index (χ2n) is 4.28. The molecule has 0 fully saturated rings. The summed E-state index contributed by atoms with van der Waals surface area (Å²) in [6, 6.07) is 0. The third-order valence-electron chi connectivity index (χ3n) is 2.65. The number of hydrogen-bond acceptors (Lipinski definition) is 5. The molecule has 0 amide bonds. The Morgan fingerprint density at radius 3 is 2.79 bits per heavy atom. The van der Waals surface area contributed by atoms with Gasteiger partial charge in [-0.3, -0.25) is 14.8 Å². The van der Waals surface area contributed by atoms with Crippen molar-refractivity contribution in [2.75, 3.05) is 5.32 Å². The van der Waals surface area contributed by atoms with Gasteiger partial charge in [-0.2, -0.15) is 0 Å². The molecule has 0 aliphatic rings. The average Bonchev–Trinajstić information content (AvgIpc) is 2.42. The van der Waals surface area contributed by atoms with E-state index in [2.05, 4.69) is 20.3 Å².